The lowest BCUT2D eigenvalue weighted by atomic mass is 10.3. The van der Waals surface area contributed by atoms with Crippen molar-refractivity contribution >= 4 is 11.3 Å². The van der Waals surface area contributed by atoms with Gasteiger partial charge in [-0.05, 0) is 19.3 Å². The number of aliphatic hydroxyl groups is 1. The molecule has 1 heterocycles. The average Bonchev–Trinajstić information content (AvgIpc) is 2.68. The minimum atomic E-state index is 0.323. The number of rotatable bonds is 2. The molecule has 60 valence electrons. The average molecular weight is 169 g/mol. The van der Waals surface area contributed by atoms with Crippen molar-refractivity contribution < 1.29 is 5.11 Å². The van der Waals surface area contributed by atoms with Crippen LogP contribution in [0, 0.1) is 12.8 Å². The molecular weight excluding hydrogens is 158 g/mol. The van der Waals surface area contributed by atoms with Gasteiger partial charge in [0.1, 0.15) is 0 Å². The molecule has 1 fully saturated rings. The second-order valence-corrected chi connectivity index (χ2v) is 4.36. The third kappa shape index (κ3) is 1.30. The first-order valence-corrected chi connectivity index (χ1v) is 4.66. The van der Waals surface area contributed by atoms with E-state index in [1.54, 1.807) is 11.3 Å². The zero-order chi connectivity index (χ0) is 7.84. The Bertz CT molecular complexity index is 258. The maximum absolute atomic E-state index is 8.82. The fraction of sp³-hybridized carbons (Fsp3) is 0.625. The van der Waals surface area contributed by atoms with E-state index in [2.05, 4.69) is 11.9 Å². The highest BCUT2D eigenvalue weighted by molar-refractivity contribution is 7.11. The molecule has 0 spiro atoms. The molecule has 3 heteroatoms. The maximum Gasteiger partial charge on any atom is 0.0962 e. The van der Waals surface area contributed by atoms with Gasteiger partial charge in [0, 0.05) is 23.6 Å². The van der Waals surface area contributed by atoms with E-state index in [9.17, 15) is 0 Å². The summed E-state index contributed by atoms with van der Waals surface area (Å²) in [5.74, 6) is 1.07. The Labute approximate surface area is 69.9 Å². The number of thiazole rings is 1. The van der Waals surface area contributed by atoms with Crippen molar-refractivity contribution in [3.05, 3.63) is 16.1 Å². The second-order valence-electron chi connectivity index (χ2n) is 3.09. The molecule has 1 saturated carbocycles. The monoisotopic (exact) mass is 169 g/mol. The zero-order valence-corrected chi connectivity index (χ0v) is 7.27. The zero-order valence-electron chi connectivity index (χ0n) is 6.45. The first-order valence-electron chi connectivity index (χ1n) is 3.84. The first-order chi connectivity index (χ1) is 5.31. The van der Waals surface area contributed by atoms with E-state index in [0.717, 1.165) is 6.42 Å². The molecular formula is C8H11NOS. The first kappa shape index (κ1) is 7.25. The minimum Gasteiger partial charge on any atom is -0.396 e. The van der Waals surface area contributed by atoms with Gasteiger partial charge in [-0.3, -0.25) is 0 Å². The number of aromatic nitrogens is 1. The molecule has 0 saturated heterocycles. The Morgan fingerprint density at radius 1 is 1.82 bits per heavy atom. The van der Waals surface area contributed by atoms with Crippen molar-refractivity contribution in [2.45, 2.75) is 19.3 Å². The molecule has 1 aromatic rings. The predicted octanol–water partition coefficient (Wildman–Crippen LogP) is 1.55. The van der Waals surface area contributed by atoms with Gasteiger partial charge in [-0.25, -0.2) is 4.98 Å². The minimum absolute atomic E-state index is 0.323. The third-order valence-electron chi connectivity index (χ3n) is 2.11. The Morgan fingerprint density at radius 3 is 3.09 bits per heavy atom. The van der Waals surface area contributed by atoms with E-state index in [1.807, 2.05) is 6.20 Å². The van der Waals surface area contributed by atoms with Crippen LogP contribution in [0.1, 0.15) is 22.2 Å². The van der Waals surface area contributed by atoms with Crippen LogP contribution in [0.25, 0.3) is 0 Å². The van der Waals surface area contributed by atoms with Crippen LogP contribution >= 0.6 is 11.3 Å². The molecule has 1 aliphatic rings. The molecule has 1 aliphatic carbocycles. The molecule has 0 aromatic carbocycles. The standard InChI is InChI=1S/C8H11NOS/c1-5-3-9-8(11-5)7-2-6(7)4-10/h3,6-7,10H,2,4H2,1H3. The van der Waals surface area contributed by atoms with Crippen LogP contribution < -0.4 is 0 Å². The lowest BCUT2D eigenvalue weighted by Gasteiger charge is -1.88. The highest BCUT2D eigenvalue weighted by Crippen LogP contribution is 2.47. The largest absolute Gasteiger partial charge is 0.396 e. The predicted molar refractivity (Wildman–Crippen MR) is 44.8 cm³/mol. The van der Waals surface area contributed by atoms with Gasteiger partial charge >= 0.3 is 0 Å². The van der Waals surface area contributed by atoms with E-state index in [0.29, 0.717) is 18.4 Å². The van der Waals surface area contributed by atoms with Gasteiger partial charge in [0.2, 0.25) is 0 Å². The number of aryl methyl sites for hydroxylation is 1. The highest BCUT2D eigenvalue weighted by Gasteiger charge is 2.39. The molecule has 2 nitrogen and oxygen atoms in total. The summed E-state index contributed by atoms with van der Waals surface area (Å²) in [5.41, 5.74) is 0. The quantitative estimate of drug-likeness (QED) is 0.728. The highest BCUT2D eigenvalue weighted by atomic mass is 32.1. The lowest BCUT2D eigenvalue weighted by Crippen LogP contribution is -1.86. The van der Waals surface area contributed by atoms with E-state index < -0.39 is 0 Å². The molecule has 0 aliphatic heterocycles. The van der Waals surface area contributed by atoms with Crippen molar-refractivity contribution in [1.82, 2.24) is 4.98 Å². The lowest BCUT2D eigenvalue weighted by molar-refractivity contribution is 0.274. The fourth-order valence-corrected chi connectivity index (χ4v) is 2.28. The van der Waals surface area contributed by atoms with Crippen LogP contribution in [-0.4, -0.2) is 16.7 Å². The molecule has 0 amide bonds. The van der Waals surface area contributed by atoms with Crippen molar-refractivity contribution in [3.8, 4) is 0 Å². The van der Waals surface area contributed by atoms with Gasteiger partial charge in [0.25, 0.3) is 0 Å². The number of hydrogen-bond acceptors (Lipinski definition) is 3. The van der Waals surface area contributed by atoms with Crippen LogP contribution in [0.2, 0.25) is 0 Å². The molecule has 1 N–H and O–H groups in total. The second kappa shape index (κ2) is 2.57. The van der Waals surface area contributed by atoms with Gasteiger partial charge in [-0.1, -0.05) is 0 Å². The van der Waals surface area contributed by atoms with Gasteiger partial charge in [-0.15, -0.1) is 11.3 Å². The Balaban J connectivity index is 2.08. The molecule has 2 unspecified atom stereocenters. The summed E-state index contributed by atoms with van der Waals surface area (Å²) in [6, 6.07) is 0. The van der Waals surface area contributed by atoms with Crippen LogP contribution in [0.3, 0.4) is 0 Å². The normalized spacial score (nSPS) is 28.9. The Kier molecular flexibility index (Phi) is 1.69. The fourth-order valence-electron chi connectivity index (χ4n) is 1.30. The van der Waals surface area contributed by atoms with E-state index in [1.165, 1.54) is 9.88 Å². The molecule has 0 radical (unpaired) electrons. The Morgan fingerprint density at radius 2 is 2.64 bits per heavy atom. The van der Waals surface area contributed by atoms with Gasteiger partial charge in [-0.2, -0.15) is 0 Å². The van der Waals surface area contributed by atoms with Crippen molar-refractivity contribution in [1.29, 1.82) is 0 Å². The van der Waals surface area contributed by atoms with E-state index in [4.69, 9.17) is 5.11 Å². The van der Waals surface area contributed by atoms with Gasteiger partial charge in [0.15, 0.2) is 0 Å². The van der Waals surface area contributed by atoms with Crippen molar-refractivity contribution in [2.75, 3.05) is 6.61 Å². The molecule has 11 heavy (non-hydrogen) atoms. The summed E-state index contributed by atoms with van der Waals surface area (Å²) in [7, 11) is 0. The molecule has 2 rings (SSSR count). The van der Waals surface area contributed by atoms with Crippen LogP contribution in [0.4, 0.5) is 0 Å². The smallest absolute Gasteiger partial charge is 0.0962 e. The summed E-state index contributed by atoms with van der Waals surface area (Å²) < 4.78 is 0. The molecule has 2 atom stereocenters. The van der Waals surface area contributed by atoms with E-state index >= 15 is 0 Å². The summed E-state index contributed by atoms with van der Waals surface area (Å²) in [6.07, 6.45) is 3.04. The SMILES string of the molecule is Cc1cnc(C2CC2CO)s1. The van der Waals surface area contributed by atoms with Crippen molar-refractivity contribution in [2.24, 2.45) is 5.92 Å². The van der Waals surface area contributed by atoms with Crippen LogP contribution in [0.15, 0.2) is 6.20 Å². The number of hydrogen-bond donors (Lipinski definition) is 1. The molecule has 1 aromatic heterocycles. The van der Waals surface area contributed by atoms with Gasteiger partial charge < -0.3 is 5.11 Å². The summed E-state index contributed by atoms with van der Waals surface area (Å²) in [5, 5.41) is 10.0. The van der Waals surface area contributed by atoms with Crippen LogP contribution in [0.5, 0.6) is 0 Å². The summed E-state index contributed by atoms with van der Waals surface area (Å²) >= 11 is 1.76. The molecule has 0 bridgehead atoms. The third-order valence-corrected chi connectivity index (χ3v) is 3.16. The number of aliphatic hydroxyl groups excluding tert-OH is 1. The summed E-state index contributed by atoms with van der Waals surface area (Å²) in [4.78, 5) is 5.55. The van der Waals surface area contributed by atoms with Gasteiger partial charge in [0.05, 0.1) is 5.01 Å². The number of nitrogens with zero attached hydrogens (tertiary/aromatic N) is 1. The van der Waals surface area contributed by atoms with Crippen molar-refractivity contribution in [3.63, 3.8) is 0 Å². The maximum atomic E-state index is 8.82. The van der Waals surface area contributed by atoms with E-state index in [-0.39, 0.29) is 0 Å². The Hall–Kier alpha value is -0.410. The summed E-state index contributed by atoms with van der Waals surface area (Å²) in [6.45, 7) is 2.39. The van der Waals surface area contributed by atoms with Crippen LogP contribution in [-0.2, 0) is 0 Å². The topological polar surface area (TPSA) is 33.1 Å².